The average molecular weight is 275 g/mol. The quantitative estimate of drug-likeness (QED) is 0.915. The van der Waals surface area contributed by atoms with Gasteiger partial charge in [0.2, 0.25) is 0 Å². The summed E-state index contributed by atoms with van der Waals surface area (Å²) < 4.78 is 0. The van der Waals surface area contributed by atoms with Crippen LogP contribution in [-0.2, 0) is 0 Å². The number of anilines is 1. The first kappa shape index (κ1) is 14.9. The molecule has 110 valence electrons. The van der Waals surface area contributed by atoms with Crippen LogP contribution in [0.25, 0.3) is 0 Å². The summed E-state index contributed by atoms with van der Waals surface area (Å²) in [5.41, 5.74) is 1.77. The maximum atomic E-state index is 12.0. The minimum Gasteiger partial charge on any atom is -0.381 e. The van der Waals surface area contributed by atoms with E-state index in [4.69, 9.17) is 0 Å². The first-order valence-electron chi connectivity index (χ1n) is 7.29. The van der Waals surface area contributed by atoms with Gasteiger partial charge in [0.25, 0.3) is 5.91 Å². The van der Waals surface area contributed by atoms with Gasteiger partial charge in [-0.05, 0) is 38.5 Å². The Morgan fingerprint density at radius 2 is 2.15 bits per heavy atom. The number of carbonyl (C=O) groups excluding carboxylic acids is 1. The van der Waals surface area contributed by atoms with Gasteiger partial charge in [-0.1, -0.05) is 6.07 Å². The Morgan fingerprint density at radius 1 is 1.40 bits per heavy atom. The Labute approximate surface area is 121 Å². The zero-order valence-corrected chi connectivity index (χ0v) is 12.9. The molecule has 1 atom stereocenters. The maximum Gasteiger partial charge on any atom is 0.253 e. The molecule has 2 rings (SSSR count). The highest BCUT2D eigenvalue weighted by atomic mass is 16.2. The molecule has 1 aliphatic heterocycles. The van der Waals surface area contributed by atoms with E-state index < -0.39 is 0 Å². The zero-order chi connectivity index (χ0) is 14.7. The van der Waals surface area contributed by atoms with Gasteiger partial charge in [0.05, 0.1) is 0 Å². The summed E-state index contributed by atoms with van der Waals surface area (Å²) in [7, 11) is 3.56. The third kappa shape index (κ3) is 3.51. The van der Waals surface area contributed by atoms with Crippen LogP contribution in [0.15, 0.2) is 24.3 Å². The molecule has 4 nitrogen and oxygen atoms in total. The summed E-state index contributed by atoms with van der Waals surface area (Å²) in [5.74, 6) is 0.0453. The van der Waals surface area contributed by atoms with Crippen LogP contribution in [-0.4, -0.2) is 55.0 Å². The second-order valence-corrected chi connectivity index (χ2v) is 6.00. The van der Waals surface area contributed by atoms with E-state index in [1.807, 2.05) is 24.3 Å². The van der Waals surface area contributed by atoms with Crippen molar-refractivity contribution < 1.29 is 4.79 Å². The Morgan fingerprint density at radius 3 is 2.75 bits per heavy atom. The molecular weight excluding hydrogens is 250 g/mol. The molecule has 1 unspecified atom stereocenters. The fraction of sp³-hybridized carbons (Fsp3) is 0.562. The SMILES string of the molecule is CC(C)N1CCC(Nc2cccc(C(=O)N(C)C)c2)C1. The number of carbonyl (C=O) groups is 1. The molecule has 1 fully saturated rings. The highest BCUT2D eigenvalue weighted by molar-refractivity contribution is 5.94. The third-order valence-electron chi connectivity index (χ3n) is 3.84. The van der Waals surface area contributed by atoms with E-state index in [0.717, 1.165) is 30.8 Å². The normalized spacial score (nSPS) is 19.4. The van der Waals surface area contributed by atoms with E-state index in [1.165, 1.54) is 0 Å². The lowest BCUT2D eigenvalue weighted by Crippen LogP contribution is -2.31. The van der Waals surface area contributed by atoms with Gasteiger partial charge >= 0.3 is 0 Å². The van der Waals surface area contributed by atoms with Crippen molar-refractivity contribution in [2.24, 2.45) is 0 Å². The second-order valence-electron chi connectivity index (χ2n) is 6.00. The van der Waals surface area contributed by atoms with Crippen molar-refractivity contribution in [3.05, 3.63) is 29.8 Å². The molecule has 4 heteroatoms. The van der Waals surface area contributed by atoms with E-state index >= 15 is 0 Å². The van der Waals surface area contributed by atoms with Crippen molar-refractivity contribution >= 4 is 11.6 Å². The fourth-order valence-electron chi connectivity index (χ4n) is 2.61. The van der Waals surface area contributed by atoms with Gasteiger partial charge in [0, 0.05) is 50.5 Å². The molecule has 0 spiro atoms. The van der Waals surface area contributed by atoms with Gasteiger partial charge in [-0.25, -0.2) is 0 Å². The molecule has 1 aliphatic rings. The van der Waals surface area contributed by atoms with Gasteiger partial charge in [0.1, 0.15) is 0 Å². The van der Waals surface area contributed by atoms with Gasteiger partial charge in [-0.3, -0.25) is 9.69 Å². The topological polar surface area (TPSA) is 35.6 Å². The number of likely N-dealkylation sites (tertiary alicyclic amines) is 1. The smallest absolute Gasteiger partial charge is 0.253 e. The largest absolute Gasteiger partial charge is 0.381 e. The molecule has 1 amide bonds. The van der Waals surface area contributed by atoms with E-state index in [-0.39, 0.29) is 5.91 Å². The molecule has 0 bridgehead atoms. The summed E-state index contributed by atoms with van der Waals surface area (Å²) in [4.78, 5) is 16.1. The average Bonchev–Trinajstić information content (AvgIpc) is 2.86. The lowest BCUT2D eigenvalue weighted by atomic mass is 10.1. The van der Waals surface area contributed by atoms with Crippen LogP contribution in [0.2, 0.25) is 0 Å². The number of hydrogen-bond acceptors (Lipinski definition) is 3. The lowest BCUT2D eigenvalue weighted by Gasteiger charge is -2.21. The number of amides is 1. The van der Waals surface area contributed by atoms with Crippen LogP contribution in [0, 0.1) is 0 Å². The first-order chi connectivity index (χ1) is 9.47. The minimum absolute atomic E-state index is 0.0453. The summed E-state index contributed by atoms with van der Waals surface area (Å²) in [6.45, 7) is 6.69. The maximum absolute atomic E-state index is 12.0. The molecular formula is C16H25N3O. The second kappa shape index (κ2) is 6.27. The highest BCUT2D eigenvalue weighted by Gasteiger charge is 2.24. The van der Waals surface area contributed by atoms with Crippen LogP contribution in [0.3, 0.4) is 0 Å². The number of rotatable bonds is 4. The van der Waals surface area contributed by atoms with Crippen LogP contribution < -0.4 is 5.32 Å². The molecule has 1 N–H and O–H groups in total. The van der Waals surface area contributed by atoms with Crippen molar-refractivity contribution in [3.63, 3.8) is 0 Å². The Hall–Kier alpha value is -1.55. The van der Waals surface area contributed by atoms with E-state index in [2.05, 4.69) is 24.1 Å². The predicted molar refractivity (Wildman–Crippen MR) is 83.2 cm³/mol. The molecule has 1 aromatic rings. The van der Waals surface area contributed by atoms with Gasteiger partial charge in [0.15, 0.2) is 0 Å². The summed E-state index contributed by atoms with van der Waals surface area (Å²) in [6.07, 6.45) is 1.16. The van der Waals surface area contributed by atoms with E-state index in [9.17, 15) is 4.79 Å². The van der Waals surface area contributed by atoms with Gasteiger partial charge in [-0.15, -0.1) is 0 Å². The molecule has 1 heterocycles. The summed E-state index contributed by atoms with van der Waals surface area (Å²) >= 11 is 0. The standard InChI is InChI=1S/C16H25N3O/c1-12(2)19-9-8-15(11-19)17-14-7-5-6-13(10-14)16(20)18(3)4/h5-7,10,12,15,17H,8-9,11H2,1-4H3. The number of nitrogens with one attached hydrogen (secondary N) is 1. The van der Waals surface area contributed by atoms with Gasteiger partial charge in [-0.2, -0.15) is 0 Å². The van der Waals surface area contributed by atoms with Crippen molar-refractivity contribution in [2.75, 3.05) is 32.5 Å². The van der Waals surface area contributed by atoms with Crippen molar-refractivity contribution in [1.29, 1.82) is 0 Å². The first-order valence-corrected chi connectivity index (χ1v) is 7.29. The van der Waals surface area contributed by atoms with Crippen LogP contribution in [0.4, 0.5) is 5.69 Å². The summed E-state index contributed by atoms with van der Waals surface area (Å²) in [5, 5.41) is 3.55. The Balaban J connectivity index is 2.00. The molecule has 20 heavy (non-hydrogen) atoms. The van der Waals surface area contributed by atoms with E-state index in [1.54, 1.807) is 19.0 Å². The Bertz CT molecular complexity index is 471. The highest BCUT2D eigenvalue weighted by Crippen LogP contribution is 2.19. The monoisotopic (exact) mass is 275 g/mol. The molecule has 0 radical (unpaired) electrons. The zero-order valence-electron chi connectivity index (χ0n) is 12.9. The lowest BCUT2D eigenvalue weighted by molar-refractivity contribution is 0.0827. The van der Waals surface area contributed by atoms with Crippen molar-refractivity contribution in [2.45, 2.75) is 32.4 Å². The van der Waals surface area contributed by atoms with Gasteiger partial charge < -0.3 is 10.2 Å². The molecule has 0 aliphatic carbocycles. The summed E-state index contributed by atoms with van der Waals surface area (Å²) in [6, 6.07) is 8.85. The molecule has 0 aromatic heterocycles. The number of hydrogen-bond donors (Lipinski definition) is 1. The number of nitrogens with zero attached hydrogens (tertiary/aromatic N) is 2. The third-order valence-corrected chi connectivity index (χ3v) is 3.84. The van der Waals surface area contributed by atoms with Crippen LogP contribution >= 0.6 is 0 Å². The van der Waals surface area contributed by atoms with Crippen molar-refractivity contribution in [1.82, 2.24) is 9.80 Å². The van der Waals surface area contributed by atoms with E-state index in [0.29, 0.717) is 12.1 Å². The molecule has 1 saturated heterocycles. The predicted octanol–water partition coefficient (Wildman–Crippen LogP) is 2.28. The fourth-order valence-corrected chi connectivity index (χ4v) is 2.61. The number of benzene rings is 1. The molecule has 0 saturated carbocycles. The Kier molecular flexibility index (Phi) is 4.65. The minimum atomic E-state index is 0.0453. The van der Waals surface area contributed by atoms with Crippen LogP contribution in [0.1, 0.15) is 30.6 Å². The van der Waals surface area contributed by atoms with Crippen LogP contribution in [0.5, 0.6) is 0 Å². The van der Waals surface area contributed by atoms with Crippen molar-refractivity contribution in [3.8, 4) is 0 Å². The molecule has 1 aromatic carbocycles.